The number of nitrogens with one attached hydrogen (secondary N) is 1. The zero-order valence-corrected chi connectivity index (χ0v) is 11.9. The van der Waals surface area contributed by atoms with Gasteiger partial charge in [-0.25, -0.2) is 0 Å². The first-order valence-electron chi connectivity index (χ1n) is 6.68. The summed E-state index contributed by atoms with van der Waals surface area (Å²) in [7, 11) is 0. The number of hydrogen-bond acceptors (Lipinski definition) is 4. The van der Waals surface area contributed by atoms with Gasteiger partial charge in [-0.05, 0) is 30.7 Å². The number of aliphatic imine (C=N–C) groups is 1. The van der Waals surface area contributed by atoms with Crippen molar-refractivity contribution in [3.8, 4) is 11.5 Å². The predicted molar refractivity (Wildman–Crippen MR) is 86.0 cm³/mol. The molecule has 1 heterocycles. The van der Waals surface area contributed by atoms with Gasteiger partial charge in [-0.1, -0.05) is 42.1 Å². The van der Waals surface area contributed by atoms with Crippen molar-refractivity contribution in [1.82, 2.24) is 0 Å². The molecule has 0 fully saturated rings. The molecule has 0 saturated heterocycles. The van der Waals surface area contributed by atoms with Crippen molar-refractivity contribution >= 4 is 22.6 Å². The number of benzene rings is 2. The van der Waals surface area contributed by atoms with Crippen LogP contribution in [0.4, 0.5) is 5.69 Å². The maximum Gasteiger partial charge on any atom is 0.161 e. The van der Waals surface area contributed by atoms with Crippen LogP contribution in [0.5, 0.6) is 11.5 Å². The molecule has 2 aromatic rings. The van der Waals surface area contributed by atoms with Crippen LogP contribution in [0.25, 0.3) is 0 Å². The van der Waals surface area contributed by atoms with Crippen LogP contribution >= 0.6 is 11.8 Å². The molecule has 0 aromatic heterocycles. The van der Waals surface area contributed by atoms with E-state index in [2.05, 4.69) is 10.3 Å². The molecule has 0 amide bonds. The van der Waals surface area contributed by atoms with E-state index >= 15 is 0 Å². The van der Waals surface area contributed by atoms with Crippen LogP contribution in [0.3, 0.4) is 0 Å². The van der Waals surface area contributed by atoms with E-state index in [1.165, 1.54) is 0 Å². The first-order valence-corrected chi connectivity index (χ1v) is 7.66. The third-order valence-electron chi connectivity index (χ3n) is 2.90. The maximum atomic E-state index is 5.92. The highest BCUT2D eigenvalue weighted by atomic mass is 32.2. The molecule has 0 bridgehead atoms. The smallest absolute Gasteiger partial charge is 0.161 e. The van der Waals surface area contributed by atoms with E-state index in [1.807, 2.05) is 54.6 Å². The van der Waals surface area contributed by atoms with Crippen molar-refractivity contribution in [2.45, 2.75) is 6.42 Å². The third kappa shape index (κ3) is 3.33. The quantitative estimate of drug-likeness (QED) is 0.908. The summed E-state index contributed by atoms with van der Waals surface area (Å²) >= 11 is 1.76. The second-order valence-electron chi connectivity index (χ2n) is 4.43. The molecule has 0 atom stereocenters. The molecule has 0 saturated carbocycles. The van der Waals surface area contributed by atoms with Crippen LogP contribution in [0.1, 0.15) is 6.42 Å². The average Bonchev–Trinajstić information content (AvgIpc) is 2.51. The van der Waals surface area contributed by atoms with Crippen molar-refractivity contribution in [1.29, 1.82) is 0 Å². The van der Waals surface area contributed by atoms with Gasteiger partial charge in [-0.3, -0.25) is 4.99 Å². The SMILES string of the molecule is c1ccc(Oc2ccccc2NC2=NCCCS2)cc1. The summed E-state index contributed by atoms with van der Waals surface area (Å²) in [5.41, 5.74) is 0.949. The summed E-state index contributed by atoms with van der Waals surface area (Å²) < 4.78 is 5.92. The Morgan fingerprint density at radius 3 is 2.60 bits per heavy atom. The molecule has 1 aliphatic rings. The fraction of sp³-hybridized carbons (Fsp3) is 0.188. The van der Waals surface area contributed by atoms with Gasteiger partial charge in [0.2, 0.25) is 0 Å². The highest BCUT2D eigenvalue weighted by Gasteiger charge is 2.09. The Morgan fingerprint density at radius 1 is 1.00 bits per heavy atom. The summed E-state index contributed by atoms with van der Waals surface area (Å²) in [5.74, 6) is 2.76. The minimum Gasteiger partial charge on any atom is -0.455 e. The number of para-hydroxylation sites is 3. The number of nitrogens with zero attached hydrogens (tertiary/aromatic N) is 1. The van der Waals surface area contributed by atoms with Crippen molar-refractivity contribution in [3.05, 3.63) is 54.6 Å². The molecule has 3 rings (SSSR count). The molecule has 102 valence electrons. The van der Waals surface area contributed by atoms with Gasteiger partial charge in [-0.2, -0.15) is 0 Å². The summed E-state index contributed by atoms with van der Waals surface area (Å²) in [6.45, 7) is 0.900. The monoisotopic (exact) mass is 284 g/mol. The summed E-state index contributed by atoms with van der Waals surface area (Å²) in [6.07, 6.45) is 1.15. The van der Waals surface area contributed by atoms with E-state index < -0.39 is 0 Å². The number of rotatable bonds is 3. The van der Waals surface area contributed by atoms with E-state index in [-0.39, 0.29) is 0 Å². The topological polar surface area (TPSA) is 33.6 Å². The Hall–Kier alpha value is -1.94. The van der Waals surface area contributed by atoms with E-state index in [1.54, 1.807) is 11.8 Å². The predicted octanol–water partition coefficient (Wildman–Crippen LogP) is 4.38. The van der Waals surface area contributed by atoms with Gasteiger partial charge in [-0.15, -0.1) is 0 Å². The standard InChI is InChI=1S/C16H16N2OS/c1-2-7-13(8-3-1)19-15-10-5-4-9-14(15)18-16-17-11-6-12-20-16/h1-5,7-10H,6,11-12H2,(H,17,18). The Labute approximate surface area is 123 Å². The van der Waals surface area contributed by atoms with Crippen molar-refractivity contribution in [2.24, 2.45) is 4.99 Å². The molecule has 0 unspecified atom stereocenters. The number of ether oxygens (including phenoxy) is 1. The summed E-state index contributed by atoms with van der Waals surface area (Å²) in [4.78, 5) is 4.49. The zero-order valence-electron chi connectivity index (χ0n) is 11.1. The minimum absolute atomic E-state index is 0.813. The van der Waals surface area contributed by atoms with Gasteiger partial charge in [0.1, 0.15) is 5.75 Å². The average molecular weight is 284 g/mol. The molecule has 3 nitrogen and oxygen atoms in total. The molecular weight excluding hydrogens is 268 g/mol. The van der Waals surface area contributed by atoms with Gasteiger partial charge >= 0.3 is 0 Å². The van der Waals surface area contributed by atoms with E-state index in [0.29, 0.717) is 0 Å². The van der Waals surface area contributed by atoms with Gasteiger partial charge in [0, 0.05) is 12.3 Å². The van der Waals surface area contributed by atoms with Crippen LogP contribution < -0.4 is 10.1 Å². The fourth-order valence-corrected chi connectivity index (χ4v) is 2.76. The lowest BCUT2D eigenvalue weighted by atomic mass is 10.3. The second kappa shape index (κ2) is 6.48. The van der Waals surface area contributed by atoms with Gasteiger partial charge in [0.25, 0.3) is 0 Å². The fourth-order valence-electron chi connectivity index (χ4n) is 1.92. The van der Waals surface area contributed by atoms with Crippen LogP contribution in [0, 0.1) is 0 Å². The lowest BCUT2D eigenvalue weighted by Crippen LogP contribution is -2.13. The summed E-state index contributed by atoms with van der Waals surface area (Å²) in [5, 5.41) is 4.33. The van der Waals surface area contributed by atoms with E-state index in [0.717, 1.165) is 41.1 Å². The number of hydrogen-bond donors (Lipinski definition) is 1. The van der Waals surface area contributed by atoms with Crippen LogP contribution in [-0.2, 0) is 0 Å². The van der Waals surface area contributed by atoms with Gasteiger partial charge in [0.05, 0.1) is 5.69 Å². The summed E-state index contributed by atoms with van der Waals surface area (Å²) in [6, 6.07) is 17.7. The normalized spacial score (nSPS) is 14.5. The third-order valence-corrected chi connectivity index (χ3v) is 3.89. The number of amidine groups is 1. The number of anilines is 1. The zero-order chi connectivity index (χ0) is 13.6. The molecule has 0 spiro atoms. The Bertz CT molecular complexity index is 598. The maximum absolute atomic E-state index is 5.92. The molecule has 0 aliphatic carbocycles. The highest BCUT2D eigenvalue weighted by Crippen LogP contribution is 2.30. The van der Waals surface area contributed by atoms with E-state index in [9.17, 15) is 0 Å². The van der Waals surface area contributed by atoms with Gasteiger partial charge < -0.3 is 10.1 Å². The first-order chi connectivity index (χ1) is 9.92. The number of thioether (sulfide) groups is 1. The van der Waals surface area contributed by atoms with Crippen LogP contribution in [0.2, 0.25) is 0 Å². The lowest BCUT2D eigenvalue weighted by Gasteiger charge is -2.16. The minimum atomic E-state index is 0.813. The molecule has 20 heavy (non-hydrogen) atoms. The largest absolute Gasteiger partial charge is 0.455 e. The second-order valence-corrected chi connectivity index (χ2v) is 5.51. The van der Waals surface area contributed by atoms with Gasteiger partial charge in [0.15, 0.2) is 10.9 Å². The van der Waals surface area contributed by atoms with E-state index in [4.69, 9.17) is 4.74 Å². The molecule has 0 radical (unpaired) electrons. The van der Waals surface area contributed by atoms with Crippen LogP contribution in [-0.4, -0.2) is 17.5 Å². The van der Waals surface area contributed by atoms with Crippen molar-refractivity contribution in [2.75, 3.05) is 17.6 Å². The lowest BCUT2D eigenvalue weighted by molar-refractivity contribution is 0.485. The Kier molecular flexibility index (Phi) is 4.23. The first kappa shape index (κ1) is 13.1. The Morgan fingerprint density at radius 2 is 1.80 bits per heavy atom. The highest BCUT2D eigenvalue weighted by molar-refractivity contribution is 8.14. The molecule has 4 heteroatoms. The molecular formula is C16H16N2OS. The van der Waals surface area contributed by atoms with Crippen molar-refractivity contribution in [3.63, 3.8) is 0 Å². The van der Waals surface area contributed by atoms with Crippen molar-refractivity contribution < 1.29 is 4.74 Å². The molecule has 2 aromatic carbocycles. The Balaban J connectivity index is 1.79. The van der Waals surface area contributed by atoms with Crippen LogP contribution in [0.15, 0.2) is 59.6 Å². The molecule has 1 aliphatic heterocycles. The molecule has 1 N–H and O–H groups in total.